The van der Waals surface area contributed by atoms with E-state index in [2.05, 4.69) is 5.10 Å². The highest BCUT2D eigenvalue weighted by Crippen LogP contribution is 2.31. The molecule has 26 heavy (non-hydrogen) atoms. The number of aryl methyl sites for hydroxylation is 1. The van der Waals surface area contributed by atoms with Crippen LogP contribution in [0.1, 0.15) is 47.1 Å². The Hall–Kier alpha value is -2.89. The lowest BCUT2D eigenvalue weighted by molar-refractivity contribution is 0.0606. The van der Waals surface area contributed by atoms with E-state index in [0.717, 1.165) is 42.8 Å². The molecule has 1 aliphatic rings. The third-order valence-electron chi connectivity index (χ3n) is 4.89. The van der Waals surface area contributed by atoms with Crippen molar-refractivity contribution >= 4 is 11.6 Å². The van der Waals surface area contributed by atoms with E-state index in [1.54, 1.807) is 17.7 Å². The molecule has 2 aromatic heterocycles. The van der Waals surface area contributed by atoms with Gasteiger partial charge in [-0.2, -0.15) is 5.10 Å². The lowest BCUT2D eigenvalue weighted by atomic mass is 9.98. The summed E-state index contributed by atoms with van der Waals surface area (Å²) in [5.41, 5.74) is 3.33. The summed E-state index contributed by atoms with van der Waals surface area (Å²) >= 11 is 0. The van der Waals surface area contributed by atoms with Crippen LogP contribution in [0.5, 0.6) is 5.75 Å². The van der Waals surface area contributed by atoms with Crippen LogP contribution in [0.3, 0.4) is 0 Å². The molecule has 1 atom stereocenters. The molecule has 1 aliphatic heterocycles. The second-order valence-electron chi connectivity index (χ2n) is 6.68. The Morgan fingerprint density at radius 3 is 2.96 bits per heavy atom. The number of carbonyl (C=O) groups is 1. The minimum absolute atomic E-state index is 0.0114. The molecule has 3 aromatic rings. The zero-order valence-electron chi connectivity index (χ0n) is 15.1. The van der Waals surface area contributed by atoms with E-state index in [9.17, 15) is 4.79 Å². The third-order valence-corrected chi connectivity index (χ3v) is 4.89. The molecule has 0 unspecified atom stereocenters. The van der Waals surface area contributed by atoms with Crippen molar-refractivity contribution in [2.45, 2.75) is 32.2 Å². The average Bonchev–Trinajstić information content (AvgIpc) is 3.06. The number of carbonyl (C=O) groups excluding carboxylic acids is 1. The molecule has 1 saturated heterocycles. The first-order valence-corrected chi connectivity index (χ1v) is 8.93. The van der Waals surface area contributed by atoms with Crippen LogP contribution < -0.4 is 4.74 Å². The standard InChI is InChI=1S/C20H22N4O2/c1-14-12-19-21-17(9-11-24(19)22-14)18-8-3-4-10-23(18)20(25)15-6-5-7-16(13-15)26-2/h5-7,9,11-13,18H,3-4,8,10H2,1-2H3/t18-/m1/s1. The molecule has 0 spiro atoms. The first-order chi connectivity index (χ1) is 12.7. The quantitative estimate of drug-likeness (QED) is 0.726. The molecular weight excluding hydrogens is 328 g/mol. The van der Waals surface area contributed by atoms with Crippen molar-refractivity contribution in [2.24, 2.45) is 0 Å². The Balaban J connectivity index is 1.67. The van der Waals surface area contributed by atoms with Gasteiger partial charge < -0.3 is 9.64 Å². The fourth-order valence-corrected chi connectivity index (χ4v) is 3.60. The number of hydrogen-bond donors (Lipinski definition) is 0. The topological polar surface area (TPSA) is 59.7 Å². The Bertz CT molecular complexity index is 950. The molecule has 6 heteroatoms. The van der Waals surface area contributed by atoms with Gasteiger partial charge in [0.2, 0.25) is 0 Å². The van der Waals surface area contributed by atoms with Crippen LogP contribution in [0, 0.1) is 6.92 Å². The summed E-state index contributed by atoms with van der Waals surface area (Å²) < 4.78 is 7.04. The molecule has 1 aromatic carbocycles. The highest BCUT2D eigenvalue weighted by atomic mass is 16.5. The van der Waals surface area contributed by atoms with E-state index in [-0.39, 0.29) is 11.9 Å². The van der Waals surface area contributed by atoms with Gasteiger partial charge in [0.25, 0.3) is 5.91 Å². The average molecular weight is 350 g/mol. The maximum absolute atomic E-state index is 13.1. The summed E-state index contributed by atoms with van der Waals surface area (Å²) in [6.07, 6.45) is 4.96. The lowest BCUT2D eigenvalue weighted by Gasteiger charge is -2.35. The van der Waals surface area contributed by atoms with Crippen LogP contribution in [-0.2, 0) is 0 Å². The van der Waals surface area contributed by atoms with Gasteiger partial charge in [-0.3, -0.25) is 4.79 Å². The molecule has 0 N–H and O–H groups in total. The van der Waals surface area contributed by atoms with Gasteiger partial charge in [-0.15, -0.1) is 0 Å². The second kappa shape index (κ2) is 6.78. The Morgan fingerprint density at radius 2 is 2.12 bits per heavy atom. The van der Waals surface area contributed by atoms with Crippen molar-refractivity contribution in [2.75, 3.05) is 13.7 Å². The molecule has 1 amide bonds. The number of benzene rings is 1. The van der Waals surface area contributed by atoms with Gasteiger partial charge in [0.1, 0.15) is 5.75 Å². The van der Waals surface area contributed by atoms with Crippen molar-refractivity contribution < 1.29 is 9.53 Å². The van der Waals surface area contributed by atoms with Crippen LogP contribution in [0.2, 0.25) is 0 Å². The third kappa shape index (κ3) is 3.03. The summed E-state index contributed by atoms with van der Waals surface area (Å²) in [5, 5.41) is 4.38. The minimum Gasteiger partial charge on any atom is -0.497 e. The zero-order chi connectivity index (χ0) is 18.1. The Morgan fingerprint density at radius 1 is 1.23 bits per heavy atom. The normalized spacial score (nSPS) is 17.5. The number of methoxy groups -OCH3 is 1. The number of fused-ring (bicyclic) bond motifs is 1. The van der Waals surface area contributed by atoms with E-state index in [1.165, 1.54) is 0 Å². The summed E-state index contributed by atoms with van der Waals surface area (Å²) in [4.78, 5) is 19.9. The van der Waals surface area contributed by atoms with Crippen molar-refractivity contribution in [3.05, 3.63) is 59.5 Å². The number of ether oxygens (including phenoxy) is 1. The van der Waals surface area contributed by atoms with Crippen LogP contribution in [-0.4, -0.2) is 39.1 Å². The summed E-state index contributed by atoms with van der Waals surface area (Å²) in [6, 6.07) is 11.3. The number of amides is 1. The molecule has 0 bridgehead atoms. The predicted molar refractivity (Wildman–Crippen MR) is 98.3 cm³/mol. The van der Waals surface area contributed by atoms with Crippen molar-refractivity contribution in [1.29, 1.82) is 0 Å². The highest BCUT2D eigenvalue weighted by Gasteiger charge is 2.30. The van der Waals surface area contributed by atoms with Crippen molar-refractivity contribution in [3.8, 4) is 5.75 Å². The summed E-state index contributed by atoms with van der Waals surface area (Å²) in [5.74, 6) is 0.721. The van der Waals surface area contributed by atoms with Crippen LogP contribution in [0.25, 0.3) is 5.65 Å². The van der Waals surface area contributed by atoms with Gasteiger partial charge in [0, 0.05) is 24.4 Å². The van der Waals surface area contributed by atoms with Crippen LogP contribution in [0.4, 0.5) is 0 Å². The van der Waals surface area contributed by atoms with Crippen molar-refractivity contribution in [3.63, 3.8) is 0 Å². The summed E-state index contributed by atoms with van der Waals surface area (Å²) in [6.45, 7) is 2.69. The molecule has 3 heterocycles. The molecule has 0 radical (unpaired) electrons. The molecule has 6 nitrogen and oxygen atoms in total. The smallest absolute Gasteiger partial charge is 0.254 e. The number of hydrogen-bond acceptors (Lipinski definition) is 4. The van der Waals surface area contributed by atoms with E-state index >= 15 is 0 Å². The summed E-state index contributed by atoms with van der Waals surface area (Å²) in [7, 11) is 1.61. The molecular formula is C20H22N4O2. The van der Waals surface area contributed by atoms with Crippen molar-refractivity contribution in [1.82, 2.24) is 19.5 Å². The molecule has 1 fully saturated rings. The highest BCUT2D eigenvalue weighted by molar-refractivity contribution is 5.95. The number of likely N-dealkylation sites (tertiary alicyclic amines) is 1. The maximum Gasteiger partial charge on any atom is 0.254 e. The van der Waals surface area contributed by atoms with Gasteiger partial charge in [-0.25, -0.2) is 9.50 Å². The van der Waals surface area contributed by atoms with Crippen LogP contribution in [0.15, 0.2) is 42.6 Å². The minimum atomic E-state index is -0.0114. The lowest BCUT2D eigenvalue weighted by Crippen LogP contribution is -2.38. The van der Waals surface area contributed by atoms with E-state index < -0.39 is 0 Å². The fourth-order valence-electron chi connectivity index (χ4n) is 3.60. The van der Waals surface area contributed by atoms with E-state index in [0.29, 0.717) is 11.3 Å². The van der Waals surface area contributed by atoms with Gasteiger partial charge >= 0.3 is 0 Å². The van der Waals surface area contributed by atoms with E-state index in [4.69, 9.17) is 9.72 Å². The second-order valence-corrected chi connectivity index (χ2v) is 6.68. The SMILES string of the molecule is COc1cccc(C(=O)N2CCCC[C@@H]2c2ccn3nc(C)cc3n2)c1. The van der Waals surface area contributed by atoms with Gasteiger partial charge in [0.15, 0.2) is 5.65 Å². The first-order valence-electron chi connectivity index (χ1n) is 8.93. The van der Waals surface area contributed by atoms with Gasteiger partial charge in [-0.05, 0) is 50.5 Å². The van der Waals surface area contributed by atoms with Gasteiger partial charge in [0.05, 0.1) is 24.5 Å². The largest absolute Gasteiger partial charge is 0.497 e. The Kier molecular flexibility index (Phi) is 4.32. The number of rotatable bonds is 3. The van der Waals surface area contributed by atoms with E-state index in [1.807, 2.05) is 48.4 Å². The molecule has 134 valence electrons. The number of aromatic nitrogens is 3. The first kappa shape index (κ1) is 16.6. The molecule has 4 rings (SSSR count). The fraction of sp³-hybridized carbons (Fsp3) is 0.350. The Labute approximate surface area is 152 Å². The molecule has 0 aliphatic carbocycles. The van der Waals surface area contributed by atoms with Gasteiger partial charge in [-0.1, -0.05) is 6.07 Å². The number of piperidine rings is 1. The number of nitrogens with zero attached hydrogens (tertiary/aromatic N) is 4. The van der Waals surface area contributed by atoms with Crippen LogP contribution >= 0.6 is 0 Å². The zero-order valence-corrected chi connectivity index (χ0v) is 15.1. The maximum atomic E-state index is 13.1. The molecule has 0 saturated carbocycles. The predicted octanol–water partition coefficient (Wildman–Crippen LogP) is 3.41. The monoisotopic (exact) mass is 350 g/mol.